The third-order valence-corrected chi connectivity index (χ3v) is 6.37. The maximum absolute atomic E-state index is 14.2. The second kappa shape index (κ2) is 6.47. The van der Waals surface area contributed by atoms with Gasteiger partial charge in [0.2, 0.25) is 0 Å². The zero-order valence-electron chi connectivity index (χ0n) is 12.9. The Morgan fingerprint density at radius 2 is 2.04 bits per heavy atom. The summed E-state index contributed by atoms with van der Waals surface area (Å²) in [6.45, 7) is 2.00. The lowest BCUT2D eigenvalue weighted by molar-refractivity contribution is 0.0948. The monoisotopic (exact) mass is 340 g/mol. The van der Waals surface area contributed by atoms with Gasteiger partial charge in [0, 0.05) is 25.2 Å². The van der Waals surface area contributed by atoms with Crippen LogP contribution in [0.3, 0.4) is 0 Å². The molecule has 2 saturated heterocycles. The molecule has 2 fully saturated rings. The first-order valence-electron chi connectivity index (χ1n) is 7.98. The highest BCUT2D eigenvalue weighted by atomic mass is 32.2. The Balaban J connectivity index is 1.60. The highest BCUT2D eigenvalue weighted by Gasteiger charge is 2.28. The van der Waals surface area contributed by atoms with Crippen molar-refractivity contribution in [1.82, 2.24) is 5.32 Å². The highest BCUT2D eigenvalue weighted by molar-refractivity contribution is 7.91. The van der Waals surface area contributed by atoms with E-state index >= 15 is 0 Å². The molecule has 0 aromatic heterocycles. The van der Waals surface area contributed by atoms with Gasteiger partial charge in [-0.1, -0.05) is 0 Å². The molecule has 2 heterocycles. The summed E-state index contributed by atoms with van der Waals surface area (Å²) in [6, 6.07) is 4.53. The van der Waals surface area contributed by atoms with Gasteiger partial charge in [0.1, 0.15) is 5.82 Å². The van der Waals surface area contributed by atoms with Gasteiger partial charge in [-0.3, -0.25) is 4.79 Å². The molecule has 2 aliphatic rings. The van der Waals surface area contributed by atoms with E-state index in [0.29, 0.717) is 18.7 Å². The first kappa shape index (κ1) is 16.2. The molecule has 126 valence electrons. The summed E-state index contributed by atoms with van der Waals surface area (Å²) in [5.41, 5.74) is 0.812. The molecular formula is C16H21FN2O3S. The first-order chi connectivity index (χ1) is 10.9. The predicted octanol–water partition coefficient (Wildman–Crippen LogP) is 1.59. The smallest absolute Gasteiger partial charge is 0.251 e. The number of sulfone groups is 1. The number of hydrogen-bond donors (Lipinski definition) is 1. The van der Waals surface area contributed by atoms with E-state index in [-0.39, 0.29) is 34.7 Å². The maximum Gasteiger partial charge on any atom is 0.251 e. The maximum atomic E-state index is 14.2. The van der Waals surface area contributed by atoms with Gasteiger partial charge in [0.15, 0.2) is 9.84 Å². The van der Waals surface area contributed by atoms with Gasteiger partial charge >= 0.3 is 0 Å². The van der Waals surface area contributed by atoms with Crippen LogP contribution in [0.25, 0.3) is 0 Å². The van der Waals surface area contributed by atoms with E-state index in [1.54, 1.807) is 12.1 Å². The summed E-state index contributed by atoms with van der Waals surface area (Å²) in [5.74, 6) is -0.482. The van der Waals surface area contributed by atoms with E-state index in [1.165, 1.54) is 6.07 Å². The minimum Gasteiger partial charge on any atom is -0.369 e. The molecule has 1 N–H and O–H groups in total. The van der Waals surface area contributed by atoms with Crippen LogP contribution in [0, 0.1) is 11.7 Å². The average molecular weight is 340 g/mol. The largest absolute Gasteiger partial charge is 0.369 e. The lowest BCUT2D eigenvalue weighted by Gasteiger charge is -2.18. The molecule has 1 atom stereocenters. The zero-order chi connectivity index (χ0) is 16.4. The summed E-state index contributed by atoms with van der Waals surface area (Å²) in [5, 5.41) is 2.71. The van der Waals surface area contributed by atoms with E-state index in [1.807, 2.05) is 4.90 Å². The predicted molar refractivity (Wildman–Crippen MR) is 86.9 cm³/mol. The Labute approximate surface area is 135 Å². The third-order valence-electron chi connectivity index (χ3n) is 4.53. The van der Waals surface area contributed by atoms with Gasteiger partial charge in [-0.2, -0.15) is 0 Å². The normalized spacial score (nSPS) is 23.2. The first-order valence-corrected chi connectivity index (χ1v) is 9.80. The molecule has 5 nitrogen and oxygen atoms in total. The van der Waals surface area contributed by atoms with Crippen LogP contribution in [0.4, 0.5) is 10.1 Å². The number of nitrogens with zero attached hydrogens (tertiary/aromatic N) is 1. The Hall–Kier alpha value is -1.63. The quantitative estimate of drug-likeness (QED) is 0.904. The summed E-state index contributed by atoms with van der Waals surface area (Å²) >= 11 is 0. The van der Waals surface area contributed by atoms with Crippen molar-refractivity contribution in [2.24, 2.45) is 5.92 Å². The number of amides is 1. The number of halogens is 1. The summed E-state index contributed by atoms with van der Waals surface area (Å²) in [6.07, 6.45) is 2.70. The molecule has 1 aromatic carbocycles. The van der Waals surface area contributed by atoms with E-state index in [0.717, 1.165) is 25.9 Å². The number of anilines is 1. The lowest BCUT2D eigenvalue weighted by Crippen LogP contribution is -2.30. The second-order valence-corrected chi connectivity index (χ2v) is 8.57. The molecular weight excluding hydrogens is 319 g/mol. The van der Waals surface area contributed by atoms with Crippen LogP contribution >= 0.6 is 0 Å². The van der Waals surface area contributed by atoms with Gasteiger partial charge in [-0.15, -0.1) is 0 Å². The van der Waals surface area contributed by atoms with E-state index < -0.39 is 9.84 Å². The van der Waals surface area contributed by atoms with Crippen LogP contribution < -0.4 is 10.2 Å². The second-order valence-electron chi connectivity index (χ2n) is 6.34. The molecule has 2 aliphatic heterocycles. The number of benzene rings is 1. The Kier molecular flexibility index (Phi) is 4.57. The molecule has 3 rings (SSSR count). The summed E-state index contributed by atoms with van der Waals surface area (Å²) in [4.78, 5) is 14.1. The number of nitrogens with one attached hydrogen (secondary N) is 1. The van der Waals surface area contributed by atoms with Gasteiger partial charge in [-0.25, -0.2) is 12.8 Å². The van der Waals surface area contributed by atoms with Crippen LogP contribution in [0.15, 0.2) is 18.2 Å². The van der Waals surface area contributed by atoms with E-state index in [9.17, 15) is 17.6 Å². The molecule has 0 bridgehead atoms. The summed E-state index contributed by atoms with van der Waals surface area (Å²) in [7, 11) is -2.95. The fourth-order valence-corrected chi connectivity index (χ4v) is 5.10. The molecule has 7 heteroatoms. The van der Waals surface area contributed by atoms with E-state index in [2.05, 4.69) is 5.32 Å². The van der Waals surface area contributed by atoms with Crippen LogP contribution in [0.2, 0.25) is 0 Å². The standard InChI is InChI=1S/C16H21FN2O3S/c17-14-9-13(3-4-15(14)19-6-1-2-7-19)16(20)18-10-12-5-8-23(21,22)11-12/h3-4,9,12H,1-2,5-8,10-11H2,(H,18,20)/t12-/m1/s1. The van der Waals surface area contributed by atoms with E-state index in [4.69, 9.17) is 0 Å². The van der Waals surface area contributed by atoms with Crippen molar-refractivity contribution in [3.8, 4) is 0 Å². The number of rotatable bonds is 4. The van der Waals surface area contributed by atoms with Gasteiger partial charge in [0.25, 0.3) is 5.91 Å². The fourth-order valence-electron chi connectivity index (χ4n) is 3.23. The van der Waals surface area contributed by atoms with Crippen molar-refractivity contribution in [1.29, 1.82) is 0 Å². The van der Waals surface area contributed by atoms with Crippen LogP contribution in [0.1, 0.15) is 29.6 Å². The Morgan fingerprint density at radius 1 is 1.30 bits per heavy atom. The number of carbonyl (C=O) groups excluding carboxylic acids is 1. The van der Waals surface area contributed by atoms with Crippen molar-refractivity contribution in [2.75, 3.05) is 36.0 Å². The highest BCUT2D eigenvalue weighted by Crippen LogP contribution is 2.24. The van der Waals surface area contributed by atoms with Crippen molar-refractivity contribution in [3.05, 3.63) is 29.6 Å². The topological polar surface area (TPSA) is 66.5 Å². The van der Waals surface area contributed by atoms with Crippen molar-refractivity contribution < 1.29 is 17.6 Å². The van der Waals surface area contributed by atoms with Crippen LogP contribution in [-0.4, -0.2) is 45.5 Å². The third kappa shape index (κ3) is 3.83. The van der Waals surface area contributed by atoms with Gasteiger partial charge < -0.3 is 10.2 Å². The SMILES string of the molecule is O=C(NC[C@H]1CCS(=O)(=O)C1)c1ccc(N2CCCC2)c(F)c1. The average Bonchev–Trinajstić information content (AvgIpc) is 3.14. The van der Waals surface area contributed by atoms with Gasteiger partial charge in [0.05, 0.1) is 17.2 Å². The Bertz CT molecular complexity index is 699. The molecule has 23 heavy (non-hydrogen) atoms. The molecule has 0 spiro atoms. The fraction of sp³-hybridized carbons (Fsp3) is 0.562. The van der Waals surface area contributed by atoms with Crippen molar-refractivity contribution in [3.63, 3.8) is 0 Å². The summed E-state index contributed by atoms with van der Waals surface area (Å²) < 4.78 is 37.0. The molecule has 0 saturated carbocycles. The molecule has 0 aliphatic carbocycles. The minimum atomic E-state index is -2.95. The van der Waals surface area contributed by atoms with Gasteiger partial charge in [-0.05, 0) is 43.4 Å². The number of carbonyl (C=O) groups is 1. The lowest BCUT2D eigenvalue weighted by atomic mass is 10.1. The molecule has 0 unspecified atom stereocenters. The molecule has 1 amide bonds. The molecule has 0 radical (unpaired) electrons. The molecule has 1 aromatic rings. The minimum absolute atomic E-state index is 0.0438. The van der Waals surface area contributed by atoms with Crippen LogP contribution in [-0.2, 0) is 9.84 Å². The van der Waals surface area contributed by atoms with Crippen molar-refractivity contribution >= 4 is 21.4 Å². The van der Waals surface area contributed by atoms with Crippen LogP contribution in [0.5, 0.6) is 0 Å². The number of hydrogen-bond acceptors (Lipinski definition) is 4. The Morgan fingerprint density at radius 3 is 2.65 bits per heavy atom. The zero-order valence-corrected chi connectivity index (χ0v) is 13.7. The van der Waals surface area contributed by atoms with Crippen molar-refractivity contribution in [2.45, 2.75) is 19.3 Å².